The summed E-state index contributed by atoms with van der Waals surface area (Å²) in [6, 6.07) is 9.72. The van der Waals surface area contributed by atoms with E-state index in [2.05, 4.69) is 26.9 Å². The Bertz CT molecular complexity index is 1240. The van der Waals surface area contributed by atoms with Gasteiger partial charge in [0.25, 0.3) is 0 Å². The Balaban J connectivity index is 2.42. The van der Waals surface area contributed by atoms with Crippen LogP contribution in [-0.4, -0.2) is 41.1 Å². The molecule has 1 aromatic carbocycles. The third-order valence-corrected chi connectivity index (χ3v) is 5.87. The van der Waals surface area contributed by atoms with Gasteiger partial charge in [0.2, 0.25) is 5.91 Å². The highest BCUT2D eigenvalue weighted by atomic mass is 16.6. The van der Waals surface area contributed by atoms with E-state index in [9.17, 15) is 9.59 Å². The van der Waals surface area contributed by atoms with Gasteiger partial charge in [0.05, 0.1) is 17.1 Å². The van der Waals surface area contributed by atoms with Crippen LogP contribution < -0.4 is 11.1 Å². The highest BCUT2D eigenvalue weighted by Crippen LogP contribution is 2.33. The molecule has 0 unspecified atom stereocenters. The van der Waals surface area contributed by atoms with E-state index in [1.54, 1.807) is 33.2 Å². The van der Waals surface area contributed by atoms with Gasteiger partial charge in [-0.2, -0.15) is 0 Å². The third kappa shape index (κ3) is 8.88. The number of rotatable bonds is 11. The van der Waals surface area contributed by atoms with Gasteiger partial charge in [0.15, 0.2) is 0 Å². The molecule has 0 aliphatic heterocycles. The number of aromatic nitrogens is 1. The summed E-state index contributed by atoms with van der Waals surface area (Å²) < 4.78 is 5.63. The second-order valence-electron chi connectivity index (χ2n) is 9.44. The first-order chi connectivity index (χ1) is 18.0. The van der Waals surface area contributed by atoms with Crippen LogP contribution in [-0.2, 0) is 14.3 Å². The largest absolute Gasteiger partial charge is 0.453 e. The fourth-order valence-electron chi connectivity index (χ4n) is 3.66. The molecule has 0 atom stereocenters. The van der Waals surface area contributed by atoms with Crippen LogP contribution in [0, 0.1) is 6.92 Å². The van der Waals surface area contributed by atoms with Crippen molar-refractivity contribution in [2.24, 2.45) is 15.7 Å². The van der Waals surface area contributed by atoms with Gasteiger partial charge in [0, 0.05) is 31.3 Å². The highest BCUT2D eigenvalue weighted by Gasteiger charge is 2.26. The number of unbranched alkanes of at least 4 members (excludes halogenated alkanes) is 1. The quantitative estimate of drug-likeness (QED) is 0.172. The molecule has 1 heterocycles. The average Bonchev–Trinajstić information content (AvgIpc) is 2.85. The Morgan fingerprint density at radius 2 is 1.95 bits per heavy atom. The Kier molecular flexibility index (Phi) is 11.3. The van der Waals surface area contributed by atoms with E-state index in [0.717, 1.165) is 34.4 Å². The lowest BCUT2D eigenvalue weighted by Gasteiger charge is -2.25. The molecule has 1 aromatic heterocycles. The first-order valence-electron chi connectivity index (χ1n) is 12.7. The van der Waals surface area contributed by atoms with Gasteiger partial charge in [-0.05, 0) is 95.0 Å². The molecule has 0 saturated heterocycles. The smallest absolute Gasteiger partial charge is 0.306 e. The van der Waals surface area contributed by atoms with Crippen LogP contribution in [0.25, 0.3) is 16.8 Å². The van der Waals surface area contributed by atoms with E-state index < -0.39 is 5.60 Å². The molecule has 1 amide bonds. The number of nitrogens with two attached hydrogens (primary N) is 1. The minimum Gasteiger partial charge on any atom is -0.453 e. The van der Waals surface area contributed by atoms with Crippen molar-refractivity contribution in [3.63, 3.8) is 0 Å². The van der Waals surface area contributed by atoms with E-state index in [1.807, 2.05) is 50.3 Å². The lowest BCUT2D eigenvalue weighted by molar-refractivity contribution is -0.153. The Hall–Kier alpha value is -3.91. The molecule has 0 fully saturated rings. The maximum Gasteiger partial charge on any atom is 0.306 e. The number of allylic oxidation sites excluding steroid dienone is 2. The molecule has 2 rings (SSSR count). The van der Waals surface area contributed by atoms with Gasteiger partial charge in [0.1, 0.15) is 11.4 Å². The van der Waals surface area contributed by atoms with Crippen LogP contribution in [0.5, 0.6) is 0 Å². The number of carbonyl (C=O) groups excluding carboxylic acids is 2. The average molecular weight is 518 g/mol. The lowest BCUT2D eigenvalue weighted by atomic mass is 9.96. The zero-order valence-corrected chi connectivity index (χ0v) is 23.3. The molecule has 202 valence electrons. The maximum atomic E-state index is 12.2. The standard InChI is InChI=1S/C30H39N5O3/c1-8-24(19-33-21(3)30(6,7)38-29(37)14-9-11-15-31)25-17-26(27-13-10-12-16-32-27)20(2)28(18-25)35-22(4)34-23(5)36/h8,10,12-13,16-19H,3,9,11,14-15,31H2,1-2,4-7H3,(H,34,35,36)/b24-8+,33-19?. The zero-order valence-electron chi connectivity index (χ0n) is 23.3. The summed E-state index contributed by atoms with van der Waals surface area (Å²) in [5.41, 5.74) is 9.99. The van der Waals surface area contributed by atoms with E-state index in [0.29, 0.717) is 36.6 Å². The monoisotopic (exact) mass is 517 g/mol. The summed E-state index contributed by atoms with van der Waals surface area (Å²) in [7, 11) is 0. The number of aliphatic imine (C=N–C) groups is 2. The van der Waals surface area contributed by atoms with Crippen LogP contribution in [0.15, 0.2) is 64.9 Å². The summed E-state index contributed by atoms with van der Waals surface area (Å²) in [5.74, 6) is -0.00190. The van der Waals surface area contributed by atoms with Crippen molar-refractivity contribution in [2.45, 2.75) is 66.4 Å². The lowest BCUT2D eigenvalue weighted by Crippen LogP contribution is -2.29. The number of nitrogens with one attached hydrogen (secondary N) is 1. The van der Waals surface area contributed by atoms with Gasteiger partial charge in [-0.25, -0.2) is 4.99 Å². The molecule has 3 N–H and O–H groups in total. The topological polar surface area (TPSA) is 119 Å². The molecule has 8 heteroatoms. The number of hydrogen-bond donors (Lipinski definition) is 2. The molecule has 0 spiro atoms. The predicted molar refractivity (Wildman–Crippen MR) is 155 cm³/mol. The van der Waals surface area contributed by atoms with Crippen LogP contribution in [0.3, 0.4) is 0 Å². The maximum absolute atomic E-state index is 12.2. The van der Waals surface area contributed by atoms with Crippen LogP contribution >= 0.6 is 0 Å². The number of nitrogens with zero attached hydrogens (tertiary/aromatic N) is 3. The molecule has 8 nitrogen and oxygen atoms in total. The SMILES string of the molecule is C=C(N=C/C(=C\C)c1cc(N=C(C)NC(C)=O)c(C)c(-c2ccccn2)c1)C(C)(C)OC(=O)CCCCN. The third-order valence-electron chi connectivity index (χ3n) is 5.87. The van der Waals surface area contributed by atoms with E-state index in [4.69, 9.17) is 10.5 Å². The first kappa shape index (κ1) is 30.3. The minimum atomic E-state index is -0.966. The van der Waals surface area contributed by atoms with Gasteiger partial charge in [-0.15, -0.1) is 0 Å². The summed E-state index contributed by atoms with van der Waals surface area (Å²) >= 11 is 0. The number of hydrogen-bond acceptors (Lipinski definition) is 7. The number of amidine groups is 1. The normalized spacial score (nSPS) is 12.5. The van der Waals surface area contributed by atoms with Crippen molar-refractivity contribution in [3.05, 3.63) is 66.0 Å². The number of amides is 1. The Morgan fingerprint density at radius 1 is 1.21 bits per heavy atom. The summed E-state index contributed by atoms with van der Waals surface area (Å²) in [6.07, 6.45) is 7.14. The van der Waals surface area contributed by atoms with Crippen LogP contribution in [0.1, 0.15) is 65.0 Å². The van der Waals surface area contributed by atoms with Crippen molar-refractivity contribution in [2.75, 3.05) is 6.54 Å². The van der Waals surface area contributed by atoms with Crippen LogP contribution in [0.2, 0.25) is 0 Å². The van der Waals surface area contributed by atoms with Crippen molar-refractivity contribution >= 4 is 35.2 Å². The first-order valence-corrected chi connectivity index (χ1v) is 12.7. The highest BCUT2D eigenvalue weighted by molar-refractivity contribution is 6.11. The van der Waals surface area contributed by atoms with Gasteiger partial charge in [-0.3, -0.25) is 19.6 Å². The number of benzene rings is 1. The van der Waals surface area contributed by atoms with E-state index in [-0.39, 0.29) is 11.9 Å². The Morgan fingerprint density at radius 3 is 2.55 bits per heavy atom. The Labute approximate surface area is 225 Å². The second-order valence-corrected chi connectivity index (χ2v) is 9.44. The number of carbonyl (C=O) groups is 2. The molecule has 0 radical (unpaired) electrons. The van der Waals surface area contributed by atoms with Crippen molar-refractivity contribution < 1.29 is 14.3 Å². The second kappa shape index (κ2) is 14.1. The zero-order chi connectivity index (χ0) is 28.3. The number of ether oxygens (including phenoxy) is 1. The van der Waals surface area contributed by atoms with Crippen molar-refractivity contribution in [1.29, 1.82) is 0 Å². The van der Waals surface area contributed by atoms with Crippen LogP contribution in [0.4, 0.5) is 5.69 Å². The number of esters is 1. The molecule has 2 aromatic rings. The van der Waals surface area contributed by atoms with Gasteiger partial charge >= 0.3 is 5.97 Å². The van der Waals surface area contributed by atoms with E-state index >= 15 is 0 Å². The molecular formula is C30H39N5O3. The molecular weight excluding hydrogens is 478 g/mol. The molecule has 0 bridgehead atoms. The predicted octanol–water partition coefficient (Wildman–Crippen LogP) is 5.68. The van der Waals surface area contributed by atoms with Crippen molar-refractivity contribution in [1.82, 2.24) is 10.3 Å². The number of pyridine rings is 1. The summed E-state index contributed by atoms with van der Waals surface area (Å²) in [5, 5.41) is 2.72. The van der Waals surface area contributed by atoms with Crippen molar-refractivity contribution in [3.8, 4) is 11.3 Å². The minimum absolute atomic E-state index is 0.188. The molecule has 0 aliphatic carbocycles. The molecule has 0 aliphatic rings. The summed E-state index contributed by atoms with van der Waals surface area (Å²) in [6.45, 7) is 15.2. The fourth-order valence-corrected chi connectivity index (χ4v) is 3.66. The summed E-state index contributed by atoms with van der Waals surface area (Å²) in [4.78, 5) is 37.5. The molecule has 0 saturated carbocycles. The molecule has 38 heavy (non-hydrogen) atoms. The van der Waals surface area contributed by atoms with E-state index in [1.165, 1.54) is 6.92 Å². The fraction of sp³-hybridized carbons (Fsp3) is 0.367. The van der Waals surface area contributed by atoms with Gasteiger partial charge < -0.3 is 15.8 Å². The van der Waals surface area contributed by atoms with Gasteiger partial charge in [-0.1, -0.05) is 18.7 Å².